The van der Waals surface area contributed by atoms with Crippen LogP contribution in [0.1, 0.15) is 51.3 Å². The number of hydrogen-bond donors (Lipinski definition) is 0. The molecule has 0 spiro atoms. The first-order chi connectivity index (χ1) is 25.5. The van der Waals surface area contributed by atoms with Crippen LogP contribution in [-0.4, -0.2) is 92.2 Å². The second-order valence-electron chi connectivity index (χ2n) is 14.7. The molecule has 4 aliphatic rings. The third kappa shape index (κ3) is 9.52. The Morgan fingerprint density at radius 1 is 0.566 bits per heavy atom. The highest BCUT2D eigenvalue weighted by atomic mass is 16.9. The van der Waals surface area contributed by atoms with Crippen LogP contribution in [0.15, 0.2) is 91.0 Å². The Morgan fingerprint density at radius 3 is 1.70 bits per heavy atom. The van der Waals surface area contributed by atoms with Crippen molar-refractivity contribution in [3.8, 4) is 0 Å². The fourth-order valence-electron chi connectivity index (χ4n) is 7.26. The Balaban J connectivity index is 1.16. The molecule has 0 amide bonds. The minimum absolute atomic E-state index is 0.0324. The molecule has 3 aromatic carbocycles. The van der Waals surface area contributed by atoms with Gasteiger partial charge in [-0.05, 0) is 44.4 Å². The number of fused-ring (bicyclic) bond motifs is 3. The van der Waals surface area contributed by atoms with Crippen molar-refractivity contribution in [3.05, 3.63) is 108 Å². The molecule has 12 nitrogen and oxygen atoms in total. The molecule has 0 saturated carbocycles. The molecule has 12 heteroatoms. The fraction of sp³-hybridized carbons (Fsp3) is 0.537. The van der Waals surface area contributed by atoms with Gasteiger partial charge in [-0.3, -0.25) is 4.79 Å². The summed E-state index contributed by atoms with van der Waals surface area (Å²) < 4.78 is 70.2. The minimum Gasteiger partial charge on any atom is -0.457 e. The molecule has 7 rings (SSSR count). The van der Waals surface area contributed by atoms with Gasteiger partial charge < -0.3 is 52.1 Å². The van der Waals surface area contributed by atoms with E-state index in [4.69, 9.17) is 52.1 Å². The summed E-state index contributed by atoms with van der Waals surface area (Å²) in [6, 6.07) is 29.4. The van der Waals surface area contributed by atoms with E-state index in [1.54, 1.807) is 0 Å². The van der Waals surface area contributed by atoms with Crippen LogP contribution in [0.2, 0.25) is 0 Å². The topological polar surface area (TPSA) is 119 Å². The van der Waals surface area contributed by atoms with Crippen LogP contribution < -0.4 is 0 Å². The smallest absolute Gasteiger partial charge is 0.303 e. The van der Waals surface area contributed by atoms with E-state index in [0.717, 1.165) is 16.7 Å². The summed E-state index contributed by atoms with van der Waals surface area (Å²) in [5.41, 5.74) is 2.87. The zero-order valence-electron chi connectivity index (χ0n) is 30.9. The first-order valence-electron chi connectivity index (χ1n) is 18.3. The molecule has 4 saturated heterocycles. The molecule has 0 unspecified atom stereocenters. The molecule has 0 bridgehead atoms. The van der Waals surface area contributed by atoms with E-state index < -0.39 is 79.0 Å². The molecule has 4 fully saturated rings. The average molecular weight is 735 g/mol. The molecular formula is C41H50O12. The van der Waals surface area contributed by atoms with E-state index in [9.17, 15) is 4.79 Å². The van der Waals surface area contributed by atoms with Gasteiger partial charge in [0.25, 0.3) is 0 Å². The van der Waals surface area contributed by atoms with Crippen LogP contribution in [0, 0.1) is 0 Å². The highest BCUT2D eigenvalue weighted by Crippen LogP contribution is 2.44. The Hall–Kier alpha value is -3.27. The monoisotopic (exact) mass is 734 g/mol. The maximum atomic E-state index is 12.7. The largest absolute Gasteiger partial charge is 0.457 e. The molecule has 3 aromatic rings. The van der Waals surface area contributed by atoms with Crippen molar-refractivity contribution in [2.75, 3.05) is 13.2 Å². The van der Waals surface area contributed by atoms with Gasteiger partial charge in [0.2, 0.25) is 0 Å². The van der Waals surface area contributed by atoms with Gasteiger partial charge in [-0.15, -0.1) is 0 Å². The van der Waals surface area contributed by atoms with E-state index in [2.05, 4.69) is 0 Å². The quantitative estimate of drug-likeness (QED) is 0.196. The van der Waals surface area contributed by atoms with Crippen molar-refractivity contribution >= 4 is 5.97 Å². The summed E-state index contributed by atoms with van der Waals surface area (Å²) >= 11 is 0. The summed E-state index contributed by atoms with van der Waals surface area (Å²) in [5.74, 6) is -2.23. The lowest BCUT2D eigenvalue weighted by Gasteiger charge is -2.46. The number of hydrogen-bond acceptors (Lipinski definition) is 12. The first-order valence-corrected chi connectivity index (χ1v) is 18.3. The van der Waals surface area contributed by atoms with E-state index in [-0.39, 0.29) is 26.4 Å². The third-order valence-corrected chi connectivity index (χ3v) is 9.53. The molecule has 0 aliphatic carbocycles. The summed E-state index contributed by atoms with van der Waals surface area (Å²) in [4.78, 5) is 12.7. The van der Waals surface area contributed by atoms with Gasteiger partial charge in [-0.1, -0.05) is 91.0 Å². The normalized spacial score (nSPS) is 32.8. The zero-order chi connectivity index (χ0) is 37.0. The molecule has 0 aromatic heterocycles. The number of ether oxygens (including phenoxy) is 11. The van der Waals surface area contributed by atoms with E-state index in [0.29, 0.717) is 6.61 Å². The van der Waals surface area contributed by atoms with Crippen molar-refractivity contribution in [2.45, 2.75) is 127 Å². The summed E-state index contributed by atoms with van der Waals surface area (Å²) in [6.45, 7) is 9.67. The van der Waals surface area contributed by atoms with Crippen LogP contribution in [0.25, 0.3) is 0 Å². The number of benzene rings is 3. The Labute approximate surface area is 310 Å². The standard InChI is InChI=1S/C41H50O12/c1-26(42)47-32-30(24-43-21-27-15-9-6-10-16-27)48-38(36(45-23-29-19-13-8-14-20-29)34(32)44-22-28-17-11-7-12-18-28)46-25-31-33-35(51-40(2,3)50-33)37-39(49-31)53-41(4,5)52-37/h6-20,30-39H,21-25H2,1-5H3/t30-,31-,32+,33+,34+,35+,36-,37-,38-,39-/m1/s1. The Bertz CT molecular complexity index is 1600. The molecule has 286 valence electrons. The lowest BCUT2D eigenvalue weighted by atomic mass is 9.97. The predicted molar refractivity (Wildman–Crippen MR) is 189 cm³/mol. The predicted octanol–water partition coefficient (Wildman–Crippen LogP) is 5.44. The summed E-state index contributed by atoms with van der Waals surface area (Å²) in [5, 5.41) is 0. The maximum Gasteiger partial charge on any atom is 0.303 e. The number of rotatable bonds is 14. The van der Waals surface area contributed by atoms with E-state index in [1.165, 1.54) is 6.92 Å². The van der Waals surface area contributed by atoms with E-state index in [1.807, 2.05) is 119 Å². The van der Waals surface area contributed by atoms with Crippen molar-refractivity contribution in [1.29, 1.82) is 0 Å². The van der Waals surface area contributed by atoms with Crippen LogP contribution >= 0.6 is 0 Å². The fourth-order valence-corrected chi connectivity index (χ4v) is 7.26. The van der Waals surface area contributed by atoms with Crippen molar-refractivity contribution in [1.82, 2.24) is 0 Å². The van der Waals surface area contributed by atoms with Crippen LogP contribution in [0.4, 0.5) is 0 Å². The second kappa shape index (κ2) is 16.6. The zero-order valence-corrected chi connectivity index (χ0v) is 30.9. The number of carbonyl (C=O) groups excluding carboxylic acids is 1. The lowest BCUT2D eigenvalue weighted by Crippen LogP contribution is -2.63. The minimum atomic E-state index is -0.996. The second-order valence-corrected chi connectivity index (χ2v) is 14.7. The summed E-state index contributed by atoms with van der Waals surface area (Å²) in [7, 11) is 0. The van der Waals surface area contributed by atoms with Gasteiger partial charge >= 0.3 is 5.97 Å². The van der Waals surface area contributed by atoms with Gasteiger partial charge in [0.1, 0.15) is 42.7 Å². The van der Waals surface area contributed by atoms with Gasteiger partial charge in [0.05, 0.1) is 33.0 Å². The number of esters is 1. The SMILES string of the molecule is CC(=O)O[C@@H]1[C@H](OCc2ccccc2)[C@@H](OCc2ccccc2)[C@H](OC[C@H]2O[C@@H]3OC(C)(C)O[C@@H]3[C@H]3OC(C)(C)O[C@H]32)O[C@@H]1COCc1ccccc1. The Morgan fingerprint density at radius 2 is 1.09 bits per heavy atom. The molecule has 53 heavy (non-hydrogen) atoms. The first kappa shape index (κ1) is 38.0. The molecule has 4 heterocycles. The Kier molecular flexibility index (Phi) is 11.9. The highest BCUT2D eigenvalue weighted by Gasteiger charge is 2.61. The lowest BCUT2D eigenvalue weighted by molar-refractivity contribution is -0.332. The number of carbonyl (C=O) groups is 1. The molecular weight excluding hydrogens is 684 g/mol. The molecule has 4 aliphatic heterocycles. The maximum absolute atomic E-state index is 12.7. The van der Waals surface area contributed by atoms with E-state index >= 15 is 0 Å². The van der Waals surface area contributed by atoms with Gasteiger partial charge in [0, 0.05) is 6.92 Å². The van der Waals surface area contributed by atoms with Crippen molar-refractivity contribution in [3.63, 3.8) is 0 Å². The van der Waals surface area contributed by atoms with Crippen LogP contribution in [0.5, 0.6) is 0 Å². The molecule has 0 N–H and O–H groups in total. The highest BCUT2D eigenvalue weighted by molar-refractivity contribution is 5.66. The summed E-state index contributed by atoms with van der Waals surface area (Å²) in [6.07, 6.45) is -7.06. The van der Waals surface area contributed by atoms with Crippen LogP contribution in [0.3, 0.4) is 0 Å². The van der Waals surface area contributed by atoms with Gasteiger partial charge in [0.15, 0.2) is 30.3 Å². The van der Waals surface area contributed by atoms with Crippen LogP contribution in [-0.2, 0) is 76.7 Å². The average Bonchev–Trinajstić information content (AvgIpc) is 3.64. The van der Waals surface area contributed by atoms with Gasteiger partial charge in [-0.2, -0.15) is 0 Å². The molecule has 0 radical (unpaired) electrons. The van der Waals surface area contributed by atoms with Crippen molar-refractivity contribution < 1.29 is 56.9 Å². The third-order valence-electron chi connectivity index (χ3n) is 9.53. The van der Waals surface area contributed by atoms with Gasteiger partial charge in [-0.25, -0.2) is 0 Å². The van der Waals surface area contributed by atoms with Crippen molar-refractivity contribution in [2.24, 2.45) is 0 Å². The molecule has 10 atom stereocenters.